The number of nitrogens with zero attached hydrogens (tertiary/aromatic N) is 1. The Bertz CT molecular complexity index is 942. The number of nitrogens with one attached hydrogen (secondary N) is 2. The maximum Gasteiger partial charge on any atom is 0.251 e. The average Bonchev–Trinajstić information content (AvgIpc) is 2.67. The van der Waals surface area contributed by atoms with Crippen molar-refractivity contribution < 1.29 is 4.79 Å². The van der Waals surface area contributed by atoms with E-state index < -0.39 is 5.25 Å². The van der Waals surface area contributed by atoms with Crippen LogP contribution in [-0.2, 0) is 11.2 Å². The Morgan fingerprint density at radius 2 is 1.78 bits per heavy atom. The SMILES string of the molecule is CCCc1cc(=O)[nH]c(SC(C(=O)Nc2ccccc2)c2ccccc2)n1. The van der Waals surface area contributed by atoms with Gasteiger partial charge in [-0.1, -0.05) is 73.6 Å². The monoisotopic (exact) mass is 379 g/mol. The summed E-state index contributed by atoms with van der Waals surface area (Å²) in [6.07, 6.45) is 1.63. The first-order valence-electron chi connectivity index (χ1n) is 8.83. The molecule has 0 bridgehead atoms. The first-order valence-corrected chi connectivity index (χ1v) is 9.71. The van der Waals surface area contributed by atoms with Crippen LogP contribution in [0.1, 0.15) is 29.9 Å². The molecule has 0 aliphatic carbocycles. The van der Waals surface area contributed by atoms with E-state index in [0.29, 0.717) is 5.16 Å². The number of aromatic amines is 1. The Morgan fingerprint density at radius 1 is 1.11 bits per heavy atom. The van der Waals surface area contributed by atoms with Crippen LogP contribution in [0, 0.1) is 0 Å². The van der Waals surface area contributed by atoms with Crippen LogP contribution in [0.3, 0.4) is 0 Å². The van der Waals surface area contributed by atoms with E-state index in [0.717, 1.165) is 29.8 Å². The molecule has 1 amide bonds. The first-order chi connectivity index (χ1) is 13.2. The molecule has 138 valence electrons. The minimum absolute atomic E-state index is 0.166. The number of para-hydroxylation sites is 1. The van der Waals surface area contributed by atoms with Crippen LogP contribution in [0.4, 0.5) is 5.69 Å². The normalized spacial score (nSPS) is 11.7. The predicted molar refractivity (Wildman–Crippen MR) is 109 cm³/mol. The van der Waals surface area contributed by atoms with Gasteiger partial charge < -0.3 is 10.3 Å². The standard InChI is InChI=1S/C21H21N3O2S/c1-2-9-17-14-18(25)24-21(23-17)27-19(15-10-5-3-6-11-15)20(26)22-16-12-7-4-8-13-16/h3-8,10-14,19H,2,9H2,1H3,(H,22,26)(H,23,24,25). The molecule has 1 unspecified atom stereocenters. The lowest BCUT2D eigenvalue weighted by atomic mass is 10.1. The van der Waals surface area contributed by atoms with Crippen molar-refractivity contribution in [1.82, 2.24) is 9.97 Å². The molecular formula is C21H21N3O2S. The number of anilines is 1. The topological polar surface area (TPSA) is 74.8 Å². The number of hydrogen-bond acceptors (Lipinski definition) is 4. The Morgan fingerprint density at radius 3 is 2.44 bits per heavy atom. The maximum absolute atomic E-state index is 13.0. The van der Waals surface area contributed by atoms with Crippen LogP contribution in [-0.4, -0.2) is 15.9 Å². The molecule has 0 aliphatic rings. The van der Waals surface area contributed by atoms with Gasteiger partial charge in [0.05, 0.1) is 0 Å². The minimum Gasteiger partial charge on any atom is -0.325 e. The fourth-order valence-electron chi connectivity index (χ4n) is 2.67. The molecule has 1 atom stereocenters. The number of rotatable bonds is 7. The molecule has 0 saturated carbocycles. The van der Waals surface area contributed by atoms with Gasteiger partial charge in [0.15, 0.2) is 5.16 Å². The average molecular weight is 379 g/mol. The predicted octanol–water partition coefficient (Wildman–Crippen LogP) is 4.19. The highest BCUT2D eigenvalue weighted by Crippen LogP contribution is 2.34. The second-order valence-electron chi connectivity index (χ2n) is 6.06. The molecule has 0 fully saturated rings. The lowest BCUT2D eigenvalue weighted by Gasteiger charge is -2.16. The number of H-pyrrole nitrogens is 1. The van der Waals surface area contributed by atoms with Crippen molar-refractivity contribution in [3.63, 3.8) is 0 Å². The molecule has 1 heterocycles. The molecule has 2 N–H and O–H groups in total. The van der Waals surface area contributed by atoms with Crippen LogP contribution in [0.5, 0.6) is 0 Å². The van der Waals surface area contributed by atoms with E-state index in [1.54, 1.807) is 0 Å². The second-order valence-corrected chi connectivity index (χ2v) is 7.15. The van der Waals surface area contributed by atoms with Gasteiger partial charge in [-0.3, -0.25) is 9.59 Å². The minimum atomic E-state index is -0.536. The molecule has 0 aliphatic heterocycles. The highest BCUT2D eigenvalue weighted by molar-refractivity contribution is 8.00. The molecule has 1 aromatic heterocycles. The summed E-state index contributed by atoms with van der Waals surface area (Å²) >= 11 is 1.24. The van der Waals surface area contributed by atoms with Gasteiger partial charge in [0.1, 0.15) is 5.25 Å². The quantitative estimate of drug-likeness (QED) is 0.477. The third-order valence-corrected chi connectivity index (χ3v) is 5.03. The lowest BCUT2D eigenvalue weighted by Crippen LogP contribution is -2.20. The molecule has 6 heteroatoms. The van der Waals surface area contributed by atoms with E-state index in [4.69, 9.17) is 0 Å². The zero-order valence-electron chi connectivity index (χ0n) is 15.0. The lowest BCUT2D eigenvalue weighted by molar-refractivity contribution is -0.115. The molecule has 0 radical (unpaired) electrons. The van der Waals surface area contributed by atoms with Gasteiger partial charge in [-0.05, 0) is 24.1 Å². The Kier molecular flexibility index (Phi) is 6.44. The molecule has 5 nitrogen and oxygen atoms in total. The molecule has 2 aromatic carbocycles. The fraction of sp³-hybridized carbons (Fsp3) is 0.190. The molecule has 3 rings (SSSR count). The number of aromatic nitrogens is 2. The maximum atomic E-state index is 13.0. The van der Waals surface area contributed by atoms with Crippen LogP contribution >= 0.6 is 11.8 Å². The fourth-order valence-corrected chi connectivity index (χ4v) is 3.68. The Labute approximate surface area is 162 Å². The Balaban J connectivity index is 1.89. The highest BCUT2D eigenvalue weighted by atomic mass is 32.2. The summed E-state index contributed by atoms with van der Waals surface area (Å²) in [4.78, 5) is 32.2. The highest BCUT2D eigenvalue weighted by Gasteiger charge is 2.23. The van der Waals surface area contributed by atoms with Gasteiger partial charge in [0.25, 0.3) is 5.56 Å². The third-order valence-electron chi connectivity index (χ3n) is 3.89. The zero-order chi connectivity index (χ0) is 19.1. The van der Waals surface area contributed by atoms with Crippen LogP contribution in [0.15, 0.2) is 76.7 Å². The summed E-state index contributed by atoms with van der Waals surface area (Å²) < 4.78 is 0. The van der Waals surface area contributed by atoms with E-state index in [2.05, 4.69) is 15.3 Å². The summed E-state index contributed by atoms with van der Waals surface area (Å²) in [6.45, 7) is 2.04. The van der Waals surface area contributed by atoms with E-state index >= 15 is 0 Å². The van der Waals surface area contributed by atoms with E-state index in [1.165, 1.54) is 17.8 Å². The van der Waals surface area contributed by atoms with Crippen molar-refractivity contribution in [2.45, 2.75) is 30.2 Å². The number of hydrogen-bond donors (Lipinski definition) is 2. The van der Waals surface area contributed by atoms with Gasteiger partial charge >= 0.3 is 0 Å². The smallest absolute Gasteiger partial charge is 0.251 e. The van der Waals surface area contributed by atoms with E-state index in [1.807, 2.05) is 67.6 Å². The van der Waals surface area contributed by atoms with Gasteiger partial charge in [-0.15, -0.1) is 0 Å². The zero-order valence-corrected chi connectivity index (χ0v) is 15.8. The van der Waals surface area contributed by atoms with Crippen molar-refractivity contribution >= 4 is 23.4 Å². The summed E-state index contributed by atoms with van der Waals surface area (Å²) in [6, 6.07) is 20.3. The number of carbonyl (C=O) groups is 1. The van der Waals surface area contributed by atoms with Crippen molar-refractivity contribution in [2.24, 2.45) is 0 Å². The Hall–Kier alpha value is -2.86. The molecular weight excluding hydrogens is 358 g/mol. The van der Waals surface area contributed by atoms with Gasteiger partial charge in [0, 0.05) is 17.4 Å². The number of amides is 1. The largest absolute Gasteiger partial charge is 0.325 e. The molecule has 0 saturated heterocycles. The van der Waals surface area contributed by atoms with Gasteiger partial charge in [0.2, 0.25) is 5.91 Å². The van der Waals surface area contributed by atoms with Crippen LogP contribution in [0.2, 0.25) is 0 Å². The van der Waals surface area contributed by atoms with E-state index in [-0.39, 0.29) is 11.5 Å². The summed E-state index contributed by atoms with van der Waals surface area (Å²) in [5.41, 5.74) is 2.11. The van der Waals surface area contributed by atoms with Gasteiger partial charge in [-0.2, -0.15) is 0 Å². The van der Waals surface area contributed by atoms with Crippen LogP contribution in [0.25, 0.3) is 0 Å². The number of aryl methyl sites for hydroxylation is 1. The van der Waals surface area contributed by atoms with Crippen molar-refractivity contribution in [3.05, 3.63) is 88.3 Å². The van der Waals surface area contributed by atoms with Crippen molar-refractivity contribution in [2.75, 3.05) is 5.32 Å². The number of thioether (sulfide) groups is 1. The van der Waals surface area contributed by atoms with Crippen molar-refractivity contribution in [3.8, 4) is 0 Å². The number of carbonyl (C=O) groups excluding carboxylic acids is 1. The van der Waals surface area contributed by atoms with Crippen LogP contribution < -0.4 is 10.9 Å². The molecule has 0 spiro atoms. The van der Waals surface area contributed by atoms with E-state index in [9.17, 15) is 9.59 Å². The summed E-state index contributed by atoms with van der Waals surface area (Å²) in [7, 11) is 0. The summed E-state index contributed by atoms with van der Waals surface area (Å²) in [5.74, 6) is -0.166. The van der Waals surface area contributed by atoms with Crippen molar-refractivity contribution in [1.29, 1.82) is 0 Å². The summed E-state index contributed by atoms with van der Waals surface area (Å²) in [5, 5.41) is 2.85. The van der Waals surface area contributed by atoms with Gasteiger partial charge in [-0.25, -0.2) is 4.98 Å². The molecule has 3 aromatic rings. The number of benzene rings is 2. The molecule has 27 heavy (non-hydrogen) atoms. The first kappa shape index (κ1) is 18.9. The third kappa shape index (κ3) is 5.31. The second kappa shape index (κ2) is 9.19.